The molecule has 3 rings (SSSR count). The number of hydrogen-bond acceptors (Lipinski definition) is 4. The van der Waals surface area contributed by atoms with E-state index in [-0.39, 0.29) is 18.4 Å². The third-order valence-electron chi connectivity index (χ3n) is 5.29. The van der Waals surface area contributed by atoms with E-state index in [0.717, 1.165) is 16.8 Å². The molecule has 0 atom stereocenters. The van der Waals surface area contributed by atoms with Crippen LogP contribution < -0.4 is 15.0 Å². The number of anilines is 2. The minimum absolute atomic E-state index is 0.134. The molecule has 1 aliphatic heterocycles. The van der Waals surface area contributed by atoms with Crippen molar-refractivity contribution >= 4 is 46.4 Å². The van der Waals surface area contributed by atoms with Crippen molar-refractivity contribution in [3.05, 3.63) is 51.5 Å². The Labute approximate surface area is 193 Å². The van der Waals surface area contributed by atoms with Crippen molar-refractivity contribution < 1.29 is 14.3 Å². The zero-order valence-corrected chi connectivity index (χ0v) is 19.5. The van der Waals surface area contributed by atoms with Gasteiger partial charge in [0, 0.05) is 42.6 Å². The topological polar surface area (TPSA) is 61.9 Å². The molecule has 2 aromatic carbocycles. The molecular weight excluding hydrogens is 437 g/mol. The van der Waals surface area contributed by atoms with Crippen molar-refractivity contribution in [2.75, 3.05) is 43.0 Å². The third-order valence-corrected chi connectivity index (χ3v) is 6.12. The highest BCUT2D eigenvalue weighted by Gasteiger charge is 2.22. The lowest BCUT2D eigenvalue weighted by Crippen LogP contribution is -2.48. The number of nitrogens with zero attached hydrogens (tertiary/aromatic N) is 2. The first-order valence-electron chi connectivity index (χ1n) is 10.3. The van der Waals surface area contributed by atoms with Gasteiger partial charge in [0.2, 0.25) is 5.91 Å². The van der Waals surface area contributed by atoms with Crippen LogP contribution in [0.15, 0.2) is 30.3 Å². The lowest BCUT2D eigenvalue weighted by Gasteiger charge is -2.37. The lowest BCUT2D eigenvalue weighted by atomic mass is 10.1. The maximum atomic E-state index is 12.6. The van der Waals surface area contributed by atoms with Crippen LogP contribution in [0.5, 0.6) is 5.75 Å². The van der Waals surface area contributed by atoms with Crippen LogP contribution in [0.4, 0.5) is 11.4 Å². The zero-order chi connectivity index (χ0) is 22.5. The molecule has 0 unspecified atom stereocenters. The molecule has 1 N–H and O–H groups in total. The van der Waals surface area contributed by atoms with E-state index in [0.29, 0.717) is 54.1 Å². The van der Waals surface area contributed by atoms with Crippen LogP contribution >= 0.6 is 23.2 Å². The van der Waals surface area contributed by atoms with E-state index >= 15 is 0 Å². The molecule has 2 amide bonds. The molecule has 1 heterocycles. The molecule has 0 spiro atoms. The summed E-state index contributed by atoms with van der Waals surface area (Å²) in [5, 5.41) is 4.13. The second-order valence-corrected chi connectivity index (χ2v) is 8.41. The minimum Gasteiger partial charge on any atom is -0.484 e. The highest BCUT2D eigenvalue weighted by Crippen LogP contribution is 2.30. The number of halogens is 2. The fourth-order valence-corrected chi connectivity index (χ4v) is 3.91. The van der Waals surface area contributed by atoms with E-state index in [9.17, 15) is 9.59 Å². The minimum atomic E-state index is -0.284. The number of aryl methyl sites for hydroxylation is 2. The van der Waals surface area contributed by atoms with Gasteiger partial charge < -0.3 is 19.9 Å². The van der Waals surface area contributed by atoms with Crippen LogP contribution in [0.2, 0.25) is 10.0 Å². The van der Waals surface area contributed by atoms with Gasteiger partial charge in [-0.05, 0) is 55.3 Å². The van der Waals surface area contributed by atoms with Gasteiger partial charge in [0.25, 0.3) is 5.91 Å². The molecule has 1 aliphatic rings. The first kappa shape index (κ1) is 23.2. The molecule has 0 aromatic heterocycles. The number of carbonyl (C=O) groups excluding carboxylic acids is 2. The molecular formula is C23H27Cl2N3O3. The number of benzene rings is 2. The number of piperazine rings is 1. The standard InChI is InChI=1S/C23H27Cl2N3O3/c1-4-22(30)28-9-7-27(8-10-28)20-6-5-17(24)13-19(20)26-21(29)14-31-18-11-15(2)23(25)16(3)12-18/h5-6,11-13H,4,7-10,14H2,1-3H3,(H,26,29). The van der Waals surface area contributed by atoms with Gasteiger partial charge in [-0.15, -0.1) is 0 Å². The van der Waals surface area contributed by atoms with E-state index in [1.54, 1.807) is 12.1 Å². The SMILES string of the molecule is CCC(=O)N1CCN(c2ccc(Cl)cc2NC(=O)COc2cc(C)c(Cl)c(C)c2)CC1. The maximum absolute atomic E-state index is 12.6. The predicted octanol–water partition coefficient (Wildman–Crippen LogP) is 4.69. The molecule has 0 aliphatic carbocycles. The summed E-state index contributed by atoms with van der Waals surface area (Å²) in [7, 11) is 0. The van der Waals surface area contributed by atoms with Gasteiger partial charge in [-0.1, -0.05) is 30.1 Å². The Morgan fingerprint density at radius 1 is 1.03 bits per heavy atom. The summed E-state index contributed by atoms with van der Waals surface area (Å²) in [6, 6.07) is 9.04. The monoisotopic (exact) mass is 463 g/mol. The van der Waals surface area contributed by atoms with Gasteiger partial charge in [-0.2, -0.15) is 0 Å². The number of rotatable bonds is 6. The number of amides is 2. The van der Waals surface area contributed by atoms with E-state index in [1.165, 1.54) is 0 Å². The van der Waals surface area contributed by atoms with E-state index in [4.69, 9.17) is 27.9 Å². The molecule has 2 aromatic rings. The van der Waals surface area contributed by atoms with Gasteiger partial charge >= 0.3 is 0 Å². The quantitative estimate of drug-likeness (QED) is 0.674. The molecule has 0 saturated carbocycles. The van der Waals surface area contributed by atoms with Crippen LogP contribution in [-0.2, 0) is 9.59 Å². The summed E-state index contributed by atoms with van der Waals surface area (Å²) in [6.07, 6.45) is 0.509. The second-order valence-electron chi connectivity index (χ2n) is 7.59. The molecule has 1 saturated heterocycles. The Bertz CT molecular complexity index is 950. The predicted molar refractivity (Wildman–Crippen MR) is 126 cm³/mol. The van der Waals surface area contributed by atoms with Gasteiger partial charge in [0.05, 0.1) is 11.4 Å². The summed E-state index contributed by atoms with van der Waals surface area (Å²) in [4.78, 5) is 28.5. The second kappa shape index (κ2) is 10.2. The van der Waals surface area contributed by atoms with E-state index in [2.05, 4.69) is 10.2 Å². The average Bonchev–Trinajstić information content (AvgIpc) is 2.75. The van der Waals surface area contributed by atoms with Crippen LogP contribution in [0, 0.1) is 13.8 Å². The van der Waals surface area contributed by atoms with Crippen LogP contribution in [0.25, 0.3) is 0 Å². The molecule has 0 radical (unpaired) electrons. The molecule has 31 heavy (non-hydrogen) atoms. The Morgan fingerprint density at radius 2 is 1.68 bits per heavy atom. The fourth-order valence-electron chi connectivity index (χ4n) is 3.63. The van der Waals surface area contributed by atoms with Crippen LogP contribution in [-0.4, -0.2) is 49.5 Å². The number of ether oxygens (including phenoxy) is 1. The Hall–Kier alpha value is -2.44. The van der Waals surface area contributed by atoms with Gasteiger partial charge in [-0.25, -0.2) is 0 Å². The van der Waals surface area contributed by atoms with Crippen molar-refractivity contribution in [1.82, 2.24) is 4.90 Å². The molecule has 8 heteroatoms. The highest BCUT2D eigenvalue weighted by atomic mass is 35.5. The highest BCUT2D eigenvalue weighted by molar-refractivity contribution is 6.32. The number of hydrogen-bond donors (Lipinski definition) is 1. The van der Waals surface area contributed by atoms with Crippen molar-refractivity contribution in [3.63, 3.8) is 0 Å². The molecule has 1 fully saturated rings. The summed E-state index contributed by atoms with van der Waals surface area (Å²) in [6.45, 7) is 8.22. The maximum Gasteiger partial charge on any atom is 0.262 e. The molecule has 6 nitrogen and oxygen atoms in total. The zero-order valence-electron chi connectivity index (χ0n) is 18.0. The third kappa shape index (κ3) is 5.83. The smallest absolute Gasteiger partial charge is 0.262 e. The molecule has 0 bridgehead atoms. The Kier molecular flexibility index (Phi) is 7.68. The first-order chi connectivity index (χ1) is 14.8. The lowest BCUT2D eigenvalue weighted by molar-refractivity contribution is -0.131. The Morgan fingerprint density at radius 3 is 2.29 bits per heavy atom. The van der Waals surface area contributed by atoms with Gasteiger partial charge in [-0.3, -0.25) is 9.59 Å². The van der Waals surface area contributed by atoms with E-state index in [1.807, 2.05) is 43.9 Å². The van der Waals surface area contributed by atoms with Crippen LogP contribution in [0.1, 0.15) is 24.5 Å². The normalized spacial score (nSPS) is 13.8. The summed E-state index contributed by atoms with van der Waals surface area (Å²) >= 11 is 12.4. The first-order valence-corrected chi connectivity index (χ1v) is 11.1. The van der Waals surface area contributed by atoms with Crippen LogP contribution in [0.3, 0.4) is 0 Å². The van der Waals surface area contributed by atoms with Crippen molar-refractivity contribution in [1.29, 1.82) is 0 Å². The Balaban J connectivity index is 1.65. The summed E-state index contributed by atoms with van der Waals surface area (Å²) in [5.41, 5.74) is 3.30. The number of nitrogens with one attached hydrogen (secondary N) is 1. The van der Waals surface area contributed by atoms with Gasteiger partial charge in [0.1, 0.15) is 5.75 Å². The van der Waals surface area contributed by atoms with Crippen molar-refractivity contribution in [2.24, 2.45) is 0 Å². The number of carbonyl (C=O) groups is 2. The van der Waals surface area contributed by atoms with Crippen molar-refractivity contribution in [2.45, 2.75) is 27.2 Å². The summed E-state index contributed by atoms with van der Waals surface area (Å²) in [5.74, 6) is 0.472. The fraction of sp³-hybridized carbons (Fsp3) is 0.391. The average molecular weight is 464 g/mol. The van der Waals surface area contributed by atoms with Crippen molar-refractivity contribution in [3.8, 4) is 5.75 Å². The summed E-state index contributed by atoms with van der Waals surface area (Å²) < 4.78 is 5.66. The van der Waals surface area contributed by atoms with Gasteiger partial charge in [0.15, 0.2) is 6.61 Å². The van der Waals surface area contributed by atoms with E-state index < -0.39 is 0 Å². The molecule has 166 valence electrons. The largest absolute Gasteiger partial charge is 0.484 e.